The van der Waals surface area contributed by atoms with E-state index in [-0.39, 0.29) is 18.3 Å². The second-order valence-corrected chi connectivity index (χ2v) is 4.11. The lowest BCUT2D eigenvalue weighted by Gasteiger charge is -2.27. The van der Waals surface area contributed by atoms with Gasteiger partial charge in [0.15, 0.2) is 5.78 Å². The Bertz CT molecular complexity index is 347. The Morgan fingerprint density at radius 3 is 2.81 bits per heavy atom. The van der Waals surface area contributed by atoms with E-state index in [1.54, 1.807) is 12.1 Å². The van der Waals surface area contributed by atoms with Crippen molar-refractivity contribution in [1.82, 2.24) is 0 Å². The van der Waals surface area contributed by atoms with E-state index in [0.29, 0.717) is 12.2 Å². The zero-order valence-electron chi connectivity index (χ0n) is 9.13. The van der Waals surface area contributed by atoms with Crippen molar-refractivity contribution in [3.05, 3.63) is 35.9 Å². The lowest BCUT2D eigenvalue weighted by molar-refractivity contribution is -0.0724. The number of hydrogen-bond acceptors (Lipinski definition) is 3. The zero-order valence-corrected chi connectivity index (χ0v) is 9.13. The fraction of sp³-hybridized carbons (Fsp3) is 0.462. The van der Waals surface area contributed by atoms with E-state index >= 15 is 0 Å². The van der Waals surface area contributed by atoms with Crippen molar-refractivity contribution < 1.29 is 14.6 Å². The van der Waals surface area contributed by atoms with Gasteiger partial charge in [0.2, 0.25) is 0 Å². The molecule has 1 fully saturated rings. The number of carbonyl (C=O) groups is 1. The molecule has 16 heavy (non-hydrogen) atoms. The van der Waals surface area contributed by atoms with E-state index in [9.17, 15) is 9.90 Å². The van der Waals surface area contributed by atoms with Crippen LogP contribution in [0.5, 0.6) is 0 Å². The molecule has 2 rings (SSSR count). The lowest BCUT2D eigenvalue weighted by atomic mass is 9.98. The second kappa shape index (κ2) is 5.23. The van der Waals surface area contributed by atoms with Crippen LogP contribution in [-0.2, 0) is 4.74 Å². The molecule has 1 aliphatic heterocycles. The Morgan fingerprint density at radius 2 is 2.12 bits per heavy atom. The molecular formula is C13H16O3. The van der Waals surface area contributed by atoms with Gasteiger partial charge in [-0.3, -0.25) is 4.79 Å². The van der Waals surface area contributed by atoms with Crippen LogP contribution in [0, 0.1) is 0 Å². The van der Waals surface area contributed by atoms with Crippen LogP contribution in [0.1, 0.15) is 29.6 Å². The normalized spacial score (nSPS) is 25.3. The average molecular weight is 220 g/mol. The molecular weight excluding hydrogens is 204 g/mol. The van der Waals surface area contributed by atoms with E-state index in [4.69, 9.17) is 4.74 Å². The number of ketones is 1. The Balaban J connectivity index is 1.96. The van der Waals surface area contributed by atoms with Gasteiger partial charge in [-0.2, -0.15) is 0 Å². The molecule has 0 saturated carbocycles. The predicted molar refractivity (Wildman–Crippen MR) is 60.4 cm³/mol. The van der Waals surface area contributed by atoms with Gasteiger partial charge in [-0.1, -0.05) is 30.3 Å². The molecule has 0 aliphatic carbocycles. The minimum Gasteiger partial charge on any atom is -0.390 e. The minimum atomic E-state index is -0.499. The molecule has 0 bridgehead atoms. The Morgan fingerprint density at radius 1 is 1.38 bits per heavy atom. The quantitative estimate of drug-likeness (QED) is 0.790. The summed E-state index contributed by atoms with van der Waals surface area (Å²) in [7, 11) is 0. The molecule has 0 aromatic heterocycles. The SMILES string of the molecule is O=C(C[C@@H]1OCCC[C@@H]1O)c1ccccc1. The first-order valence-electron chi connectivity index (χ1n) is 5.65. The first-order valence-corrected chi connectivity index (χ1v) is 5.65. The third-order valence-corrected chi connectivity index (χ3v) is 2.89. The standard InChI is InChI=1S/C13H16O3/c14-11-7-4-8-16-13(11)9-12(15)10-5-2-1-3-6-10/h1-3,5-6,11,13-14H,4,7-9H2/t11-,13-/m0/s1. The van der Waals surface area contributed by atoms with Crippen LogP contribution < -0.4 is 0 Å². The zero-order chi connectivity index (χ0) is 11.4. The van der Waals surface area contributed by atoms with E-state index in [0.717, 1.165) is 12.8 Å². The van der Waals surface area contributed by atoms with Crippen molar-refractivity contribution in [2.24, 2.45) is 0 Å². The first kappa shape index (κ1) is 11.3. The van der Waals surface area contributed by atoms with Crippen molar-refractivity contribution >= 4 is 5.78 Å². The highest BCUT2D eigenvalue weighted by molar-refractivity contribution is 5.96. The van der Waals surface area contributed by atoms with E-state index in [2.05, 4.69) is 0 Å². The molecule has 3 heteroatoms. The van der Waals surface area contributed by atoms with Crippen LogP contribution in [0.25, 0.3) is 0 Å². The summed E-state index contributed by atoms with van der Waals surface area (Å²) >= 11 is 0. The van der Waals surface area contributed by atoms with Crippen molar-refractivity contribution in [3.8, 4) is 0 Å². The summed E-state index contributed by atoms with van der Waals surface area (Å²) < 4.78 is 5.41. The molecule has 0 unspecified atom stereocenters. The smallest absolute Gasteiger partial charge is 0.165 e. The number of Topliss-reactive ketones (excluding diaryl/α,β-unsaturated/α-hetero) is 1. The third kappa shape index (κ3) is 2.68. The van der Waals surface area contributed by atoms with Crippen LogP contribution >= 0.6 is 0 Å². The van der Waals surface area contributed by atoms with Gasteiger partial charge in [0, 0.05) is 18.6 Å². The van der Waals surface area contributed by atoms with E-state index in [1.807, 2.05) is 18.2 Å². The number of carbonyl (C=O) groups excluding carboxylic acids is 1. The molecule has 0 radical (unpaired) electrons. The number of benzene rings is 1. The Kier molecular flexibility index (Phi) is 3.70. The molecule has 1 aromatic rings. The van der Waals surface area contributed by atoms with Gasteiger partial charge >= 0.3 is 0 Å². The Labute approximate surface area is 95.0 Å². The number of ether oxygens (including phenoxy) is 1. The summed E-state index contributed by atoms with van der Waals surface area (Å²) in [4.78, 5) is 11.9. The number of rotatable bonds is 3. The molecule has 1 heterocycles. The topological polar surface area (TPSA) is 46.5 Å². The highest BCUT2D eigenvalue weighted by Crippen LogP contribution is 2.18. The second-order valence-electron chi connectivity index (χ2n) is 4.11. The number of aliphatic hydroxyl groups excluding tert-OH is 1. The number of aliphatic hydroxyl groups is 1. The number of hydrogen-bond donors (Lipinski definition) is 1. The third-order valence-electron chi connectivity index (χ3n) is 2.89. The van der Waals surface area contributed by atoms with Crippen LogP contribution in [0.4, 0.5) is 0 Å². The fourth-order valence-electron chi connectivity index (χ4n) is 1.94. The van der Waals surface area contributed by atoms with Crippen LogP contribution in [0.15, 0.2) is 30.3 Å². The molecule has 2 atom stereocenters. The molecule has 1 aliphatic rings. The first-order chi connectivity index (χ1) is 7.77. The van der Waals surface area contributed by atoms with Gasteiger partial charge in [-0.05, 0) is 12.8 Å². The van der Waals surface area contributed by atoms with Gasteiger partial charge in [0.25, 0.3) is 0 Å². The van der Waals surface area contributed by atoms with Crippen LogP contribution in [0.2, 0.25) is 0 Å². The van der Waals surface area contributed by atoms with Crippen molar-refractivity contribution in [2.45, 2.75) is 31.5 Å². The van der Waals surface area contributed by atoms with Gasteiger partial charge < -0.3 is 9.84 Å². The summed E-state index contributed by atoms with van der Waals surface area (Å²) in [6.45, 7) is 0.643. The molecule has 3 nitrogen and oxygen atoms in total. The summed E-state index contributed by atoms with van der Waals surface area (Å²) in [6, 6.07) is 9.13. The van der Waals surface area contributed by atoms with E-state index in [1.165, 1.54) is 0 Å². The van der Waals surface area contributed by atoms with Gasteiger partial charge in [0.1, 0.15) is 0 Å². The van der Waals surface area contributed by atoms with Crippen molar-refractivity contribution in [3.63, 3.8) is 0 Å². The van der Waals surface area contributed by atoms with Crippen LogP contribution in [-0.4, -0.2) is 29.7 Å². The highest BCUT2D eigenvalue weighted by atomic mass is 16.5. The molecule has 1 aromatic carbocycles. The Hall–Kier alpha value is -1.19. The summed E-state index contributed by atoms with van der Waals surface area (Å²) in [5.74, 6) is 0.0338. The van der Waals surface area contributed by atoms with Gasteiger partial charge in [-0.25, -0.2) is 0 Å². The largest absolute Gasteiger partial charge is 0.390 e. The van der Waals surface area contributed by atoms with Crippen LogP contribution in [0.3, 0.4) is 0 Å². The average Bonchev–Trinajstić information content (AvgIpc) is 2.33. The fourth-order valence-corrected chi connectivity index (χ4v) is 1.94. The molecule has 1 saturated heterocycles. The van der Waals surface area contributed by atoms with Gasteiger partial charge in [-0.15, -0.1) is 0 Å². The maximum Gasteiger partial charge on any atom is 0.165 e. The maximum atomic E-state index is 11.9. The highest BCUT2D eigenvalue weighted by Gasteiger charge is 2.26. The molecule has 1 N–H and O–H groups in total. The van der Waals surface area contributed by atoms with Gasteiger partial charge in [0.05, 0.1) is 12.2 Å². The minimum absolute atomic E-state index is 0.0338. The molecule has 0 spiro atoms. The summed E-state index contributed by atoms with van der Waals surface area (Å²) in [5, 5.41) is 9.69. The lowest BCUT2D eigenvalue weighted by Crippen LogP contribution is -2.35. The maximum absolute atomic E-state index is 11.9. The monoisotopic (exact) mass is 220 g/mol. The summed E-state index contributed by atoms with van der Waals surface area (Å²) in [6.07, 6.45) is 1.04. The van der Waals surface area contributed by atoms with Crippen molar-refractivity contribution in [1.29, 1.82) is 0 Å². The molecule has 0 amide bonds. The molecule has 86 valence electrons. The van der Waals surface area contributed by atoms with E-state index < -0.39 is 6.10 Å². The predicted octanol–water partition coefficient (Wildman–Crippen LogP) is 1.80. The summed E-state index contributed by atoms with van der Waals surface area (Å²) in [5.41, 5.74) is 0.684. The van der Waals surface area contributed by atoms with Crippen molar-refractivity contribution in [2.75, 3.05) is 6.61 Å².